The van der Waals surface area contributed by atoms with Gasteiger partial charge in [-0.05, 0) is 55.2 Å². The SMILES string of the molecule is CC/C(=C\C=C1/COCCO1)CSNCSCCCNC1CCc2ccccc21. The van der Waals surface area contributed by atoms with Gasteiger partial charge in [0.05, 0.1) is 12.5 Å². The Hall–Kier alpha value is -0.920. The molecule has 6 heteroatoms. The lowest BCUT2D eigenvalue weighted by atomic mass is 10.1. The molecule has 4 nitrogen and oxygen atoms in total. The number of thioether (sulfide) groups is 1. The molecule has 3 rings (SSSR count). The topological polar surface area (TPSA) is 42.5 Å². The van der Waals surface area contributed by atoms with Crippen LogP contribution in [0.2, 0.25) is 0 Å². The Morgan fingerprint density at radius 2 is 2.21 bits per heavy atom. The first-order valence-electron chi connectivity index (χ1n) is 10.7. The Bertz CT molecular complexity index is 671. The largest absolute Gasteiger partial charge is 0.493 e. The highest BCUT2D eigenvalue weighted by Crippen LogP contribution is 2.30. The monoisotopic (exact) mass is 434 g/mol. The number of hydrogen-bond donors (Lipinski definition) is 2. The van der Waals surface area contributed by atoms with E-state index in [1.165, 1.54) is 41.7 Å². The zero-order chi connectivity index (χ0) is 20.2. The van der Waals surface area contributed by atoms with Crippen LogP contribution in [0.3, 0.4) is 0 Å². The molecule has 160 valence electrons. The standard InChI is InChI=1S/C23H34N2O2S2/c1-2-19(8-10-21-16-26-13-14-27-21)17-29-25-18-28-15-5-12-24-23-11-9-20-6-3-4-7-22(20)23/h3-4,6-8,10,23-25H,2,5,9,11-18H2,1H3/b19-8+,21-10+. The summed E-state index contributed by atoms with van der Waals surface area (Å²) in [5, 5.41) is 3.73. The van der Waals surface area contributed by atoms with Crippen molar-refractivity contribution in [3.8, 4) is 0 Å². The molecule has 1 aliphatic heterocycles. The molecule has 1 heterocycles. The lowest BCUT2D eigenvalue weighted by molar-refractivity contribution is 0.0135. The predicted octanol–water partition coefficient (Wildman–Crippen LogP) is 4.85. The van der Waals surface area contributed by atoms with E-state index in [0.717, 1.165) is 30.4 Å². The molecule has 29 heavy (non-hydrogen) atoms. The van der Waals surface area contributed by atoms with E-state index in [9.17, 15) is 0 Å². The lowest BCUT2D eigenvalue weighted by Gasteiger charge is -2.16. The van der Waals surface area contributed by atoms with Crippen molar-refractivity contribution in [1.82, 2.24) is 10.0 Å². The number of fused-ring (bicyclic) bond motifs is 1. The number of allylic oxidation sites excluding steroid dienone is 2. The van der Waals surface area contributed by atoms with Crippen molar-refractivity contribution >= 4 is 23.7 Å². The molecule has 1 unspecified atom stereocenters. The summed E-state index contributed by atoms with van der Waals surface area (Å²) in [6, 6.07) is 9.42. The molecule has 1 fully saturated rings. The van der Waals surface area contributed by atoms with Crippen molar-refractivity contribution < 1.29 is 9.47 Å². The highest BCUT2D eigenvalue weighted by molar-refractivity contribution is 8.01. The van der Waals surface area contributed by atoms with Crippen LogP contribution in [-0.2, 0) is 15.9 Å². The van der Waals surface area contributed by atoms with Gasteiger partial charge < -0.3 is 14.8 Å². The van der Waals surface area contributed by atoms with Crippen LogP contribution in [0.5, 0.6) is 0 Å². The van der Waals surface area contributed by atoms with Crippen LogP contribution in [0, 0.1) is 0 Å². The number of hydrogen-bond acceptors (Lipinski definition) is 6. The molecule has 1 saturated heterocycles. The predicted molar refractivity (Wildman–Crippen MR) is 126 cm³/mol. The van der Waals surface area contributed by atoms with Gasteiger partial charge in [-0.2, -0.15) is 0 Å². The minimum atomic E-state index is 0.560. The number of aryl methyl sites for hydroxylation is 1. The Balaban J connectivity index is 1.20. The number of ether oxygens (including phenoxy) is 2. The van der Waals surface area contributed by atoms with E-state index in [1.807, 2.05) is 11.8 Å². The molecule has 1 atom stereocenters. The normalized spacial score (nSPS) is 20.7. The van der Waals surface area contributed by atoms with Crippen LogP contribution in [0.4, 0.5) is 0 Å². The molecule has 0 saturated carbocycles. The number of rotatable bonds is 12. The Morgan fingerprint density at radius 3 is 3.07 bits per heavy atom. The third kappa shape index (κ3) is 8.02. The first kappa shape index (κ1) is 22.8. The first-order chi connectivity index (χ1) is 14.4. The summed E-state index contributed by atoms with van der Waals surface area (Å²) in [6.07, 6.45) is 8.97. The van der Waals surface area contributed by atoms with Gasteiger partial charge >= 0.3 is 0 Å². The second-order valence-corrected chi connectivity index (χ2v) is 9.27. The van der Waals surface area contributed by atoms with Gasteiger partial charge in [0.15, 0.2) is 0 Å². The molecule has 2 aliphatic rings. The maximum Gasteiger partial charge on any atom is 0.122 e. The van der Waals surface area contributed by atoms with Crippen molar-refractivity contribution in [2.24, 2.45) is 0 Å². The molecule has 1 aromatic carbocycles. The molecule has 2 N–H and O–H groups in total. The number of benzene rings is 1. The first-order valence-corrected chi connectivity index (χ1v) is 12.8. The van der Waals surface area contributed by atoms with Gasteiger partial charge in [-0.3, -0.25) is 4.72 Å². The van der Waals surface area contributed by atoms with Gasteiger partial charge in [-0.15, -0.1) is 11.8 Å². The van der Waals surface area contributed by atoms with E-state index in [0.29, 0.717) is 25.9 Å². The van der Waals surface area contributed by atoms with Gasteiger partial charge in [0.2, 0.25) is 0 Å². The van der Waals surface area contributed by atoms with Gasteiger partial charge in [0.1, 0.15) is 19.0 Å². The van der Waals surface area contributed by atoms with Gasteiger partial charge in [-0.25, -0.2) is 0 Å². The van der Waals surface area contributed by atoms with Crippen molar-refractivity contribution in [3.05, 3.63) is 58.9 Å². The average molecular weight is 435 g/mol. The third-order valence-electron chi connectivity index (χ3n) is 5.23. The smallest absolute Gasteiger partial charge is 0.122 e. The minimum Gasteiger partial charge on any atom is -0.493 e. The number of nitrogens with one attached hydrogen (secondary N) is 2. The summed E-state index contributed by atoms with van der Waals surface area (Å²) < 4.78 is 14.4. The average Bonchev–Trinajstić information content (AvgIpc) is 3.18. The summed E-state index contributed by atoms with van der Waals surface area (Å²) >= 11 is 3.77. The van der Waals surface area contributed by atoms with E-state index >= 15 is 0 Å². The molecular formula is C23H34N2O2S2. The van der Waals surface area contributed by atoms with Gasteiger partial charge in [0, 0.05) is 11.8 Å². The zero-order valence-corrected chi connectivity index (χ0v) is 19.1. The Labute approximate surface area is 184 Å². The second-order valence-electron chi connectivity index (χ2n) is 7.30. The summed E-state index contributed by atoms with van der Waals surface area (Å²) in [6.45, 7) is 5.26. The summed E-state index contributed by atoms with van der Waals surface area (Å²) in [4.78, 5) is 0. The van der Waals surface area contributed by atoms with Gasteiger partial charge in [0.25, 0.3) is 0 Å². The van der Waals surface area contributed by atoms with E-state index in [-0.39, 0.29) is 0 Å². The van der Waals surface area contributed by atoms with Crippen LogP contribution < -0.4 is 10.0 Å². The molecule has 1 aliphatic carbocycles. The molecule has 0 radical (unpaired) electrons. The third-order valence-corrected chi connectivity index (χ3v) is 7.20. The van der Waals surface area contributed by atoms with E-state index in [2.05, 4.69) is 53.4 Å². The van der Waals surface area contributed by atoms with Crippen LogP contribution in [0.1, 0.15) is 43.4 Å². The molecule has 1 aromatic rings. The Morgan fingerprint density at radius 1 is 1.28 bits per heavy atom. The highest BCUT2D eigenvalue weighted by Gasteiger charge is 2.20. The van der Waals surface area contributed by atoms with Crippen molar-refractivity contribution in [1.29, 1.82) is 0 Å². The summed E-state index contributed by atoms with van der Waals surface area (Å²) in [5.74, 6) is 4.12. The Kier molecular flexibility index (Phi) is 10.5. The van der Waals surface area contributed by atoms with E-state index in [4.69, 9.17) is 9.47 Å². The van der Waals surface area contributed by atoms with Crippen LogP contribution >= 0.6 is 23.7 Å². The fraction of sp³-hybridized carbons (Fsp3) is 0.565. The fourth-order valence-electron chi connectivity index (χ4n) is 3.54. The fourth-order valence-corrected chi connectivity index (χ4v) is 5.29. The summed E-state index contributed by atoms with van der Waals surface area (Å²) in [7, 11) is 0. The summed E-state index contributed by atoms with van der Waals surface area (Å²) in [5.41, 5.74) is 4.45. The maximum atomic E-state index is 5.57. The van der Waals surface area contributed by atoms with Crippen LogP contribution in [0.25, 0.3) is 0 Å². The van der Waals surface area contributed by atoms with Crippen molar-refractivity contribution in [3.63, 3.8) is 0 Å². The molecule has 0 amide bonds. The molecular weight excluding hydrogens is 400 g/mol. The van der Waals surface area contributed by atoms with Crippen molar-refractivity contribution in [2.45, 2.75) is 38.6 Å². The van der Waals surface area contributed by atoms with Crippen LogP contribution in [-0.4, -0.2) is 43.7 Å². The van der Waals surface area contributed by atoms with E-state index < -0.39 is 0 Å². The molecule has 0 spiro atoms. The van der Waals surface area contributed by atoms with Crippen molar-refractivity contribution in [2.75, 3.05) is 43.7 Å². The van der Waals surface area contributed by atoms with E-state index in [1.54, 1.807) is 11.9 Å². The second kappa shape index (κ2) is 13.4. The van der Waals surface area contributed by atoms with Crippen LogP contribution in [0.15, 0.2) is 47.7 Å². The maximum absolute atomic E-state index is 5.57. The minimum absolute atomic E-state index is 0.560. The lowest BCUT2D eigenvalue weighted by Crippen LogP contribution is -2.21. The quantitative estimate of drug-likeness (QED) is 0.278. The molecule has 0 bridgehead atoms. The molecule has 0 aromatic heterocycles. The highest BCUT2D eigenvalue weighted by atomic mass is 32.2. The zero-order valence-electron chi connectivity index (χ0n) is 17.5. The van der Waals surface area contributed by atoms with Gasteiger partial charge in [-0.1, -0.05) is 54.8 Å².